The summed E-state index contributed by atoms with van der Waals surface area (Å²) in [4.78, 5) is 4.54. The Morgan fingerprint density at radius 2 is 1.69 bits per heavy atom. The summed E-state index contributed by atoms with van der Waals surface area (Å²) in [5.74, 6) is 1.67. The van der Waals surface area contributed by atoms with Crippen LogP contribution in [0.15, 0.2) is 18.2 Å². The third-order valence-electron chi connectivity index (χ3n) is 3.08. The zero-order chi connectivity index (χ0) is 11.9. The van der Waals surface area contributed by atoms with Gasteiger partial charge in [-0.2, -0.15) is 0 Å². The van der Waals surface area contributed by atoms with Crippen LogP contribution in [0.4, 0.5) is 5.82 Å². The van der Waals surface area contributed by atoms with Crippen molar-refractivity contribution >= 4 is 5.82 Å². The van der Waals surface area contributed by atoms with Gasteiger partial charge < -0.3 is 10.3 Å². The van der Waals surface area contributed by atoms with E-state index < -0.39 is 0 Å². The zero-order valence-electron chi connectivity index (χ0n) is 10.2. The Hall–Kier alpha value is -1.77. The summed E-state index contributed by atoms with van der Waals surface area (Å²) in [7, 11) is 1.94. The van der Waals surface area contributed by atoms with Crippen LogP contribution in [0, 0.1) is 20.8 Å². The summed E-state index contributed by atoms with van der Waals surface area (Å²) in [6, 6.07) is 6.23. The third-order valence-corrected chi connectivity index (χ3v) is 3.08. The molecular weight excluding hydrogens is 198 g/mol. The smallest absolute Gasteiger partial charge is 0.131 e. The first-order valence-corrected chi connectivity index (χ1v) is 5.37. The highest BCUT2D eigenvalue weighted by molar-refractivity contribution is 5.76. The molecule has 3 heteroatoms. The molecule has 3 nitrogen and oxygen atoms in total. The first kappa shape index (κ1) is 10.7. The van der Waals surface area contributed by atoms with Crippen molar-refractivity contribution in [1.29, 1.82) is 0 Å². The summed E-state index contributed by atoms with van der Waals surface area (Å²) < 4.78 is 1.92. The molecule has 0 saturated carbocycles. The molecular formula is C13H17N3. The number of nitrogens with two attached hydrogens (primary N) is 1. The van der Waals surface area contributed by atoms with Gasteiger partial charge in [0.15, 0.2) is 0 Å². The van der Waals surface area contributed by atoms with E-state index in [1.165, 1.54) is 11.1 Å². The first-order chi connectivity index (χ1) is 7.52. The topological polar surface area (TPSA) is 43.8 Å². The second-order valence-electron chi connectivity index (χ2n) is 4.22. The normalized spacial score (nSPS) is 10.8. The molecule has 2 aromatic rings. The lowest BCUT2D eigenvalue weighted by Crippen LogP contribution is -1.99. The summed E-state index contributed by atoms with van der Waals surface area (Å²) in [6.07, 6.45) is 0. The van der Waals surface area contributed by atoms with Gasteiger partial charge in [0.2, 0.25) is 0 Å². The highest BCUT2D eigenvalue weighted by Crippen LogP contribution is 2.30. The van der Waals surface area contributed by atoms with Gasteiger partial charge in [-0.1, -0.05) is 18.2 Å². The van der Waals surface area contributed by atoms with Crippen molar-refractivity contribution in [2.45, 2.75) is 20.8 Å². The number of aryl methyl sites for hydroxylation is 3. The molecule has 0 aliphatic rings. The minimum Gasteiger partial charge on any atom is -0.383 e. The molecule has 0 bridgehead atoms. The molecule has 0 fully saturated rings. The van der Waals surface area contributed by atoms with Crippen LogP contribution >= 0.6 is 0 Å². The molecule has 0 atom stereocenters. The van der Waals surface area contributed by atoms with Gasteiger partial charge >= 0.3 is 0 Å². The van der Waals surface area contributed by atoms with Crippen LogP contribution in [0.1, 0.15) is 17.0 Å². The molecule has 0 saturated heterocycles. The summed E-state index contributed by atoms with van der Waals surface area (Å²) in [6.45, 7) is 6.14. The standard InChI is InChI=1S/C13H17N3/c1-8-6-5-7-9(2)11(8)12-13(14)16(4)10(3)15-12/h5-7H,14H2,1-4H3. The Kier molecular flexibility index (Phi) is 2.46. The van der Waals surface area contributed by atoms with E-state index in [-0.39, 0.29) is 0 Å². The minimum atomic E-state index is 0.731. The minimum absolute atomic E-state index is 0.731. The quantitative estimate of drug-likeness (QED) is 0.794. The molecule has 16 heavy (non-hydrogen) atoms. The van der Waals surface area contributed by atoms with Crippen LogP contribution < -0.4 is 5.73 Å². The van der Waals surface area contributed by atoms with Crippen LogP contribution in [0.25, 0.3) is 11.3 Å². The second-order valence-corrected chi connectivity index (χ2v) is 4.22. The summed E-state index contributed by atoms with van der Waals surface area (Å²) in [5, 5.41) is 0. The van der Waals surface area contributed by atoms with Crippen LogP contribution in [-0.2, 0) is 7.05 Å². The molecule has 1 aromatic heterocycles. The highest BCUT2D eigenvalue weighted by Gasteiger charge is 2.14. The molecule has 2 N–H and O–H groups in total. The number of imidazole rings is 1. The number of hydrogen-bond acceptors (Lipinski definition) is 2. The van der Waals surface area contributed by atoms with Crippen LogP contribution in [0.2, 0.25) is 0 Å². The van der Waals surface area contributed by atoms with Crippen LogP contribution in [0.5, 0.6) is 0 Å². The Morgan fingerprint density at radius 3 is 2.12 bits per heavy atom. The van der Waals surface area contributed by atoms with Gasteiger partial charge in [0.1, 0.15) is 17.3 Å². The number of benzene rings is 1. The Labute approximate surface area is 95.9 Å². The number of anilines is 1. The van der Waals surface area contributed by atoms with Crippen LogP contribution in [0.3, 0.4) is 0 Å². The van der Waals surface area contributed by atoms with Crippen molar-refractivity contribution in [3.05, 3.63) is 35.2 Å². The third kappa shape index (κ3) is 1.48. The average molecular weight is 215 g/mol. The van der Waals surface area contributed by atoms with Gasteiger partial charge in [0, 0.05) is 12.6 Å². The van der Waals surface area contributed by atoms with Gasteiger partial charge in [0.05, 0.1) is 0 Å². The van der Waals surface area contributed by atoms with Gasteiger partial charge in [-0.05, 0) is 31.9 Å². The molecule has 0 aliphatic carbocycles. The molecule has 2 rings (SSSR count). The fourth-order valence-corrected chi connectivity index (χ4v) is 2.00. The maximum atomic E-state index is 6.07. The number of nitrogen functional groups attached to an aromatic ring is 1. The fraction of sp³-hybridized carbons (Fsp3) is 0.308. The lowest BCUT2D eigenvalue weighted by molar-refractivity contribution is 0.868. The largest absolute Gasteiger partial charge is 0.383 e. The van der Waals surface area contributed by atoms with Crippen molar-refractivity contribution in [1.82, 2.24) is 9.55 Å². The van der Waals surface area contributed by atoms with Crippen molar-refractivity contribution in [3.8, 4) is 11.3 Å². The fourth-order valence-electron chi connectivity index (χ4n) is 2.00. The van der Waals surface area contributed by atoms with E-state index in [1.54, 1.807) is 0 Å². The van der Waals surface area contributed by atoms with Gasteiger partial charge in [0.25, 0.3) is 0 Å². The Balaban J connectivity index is 2.72. The zero-order valence-corrected chi connectivity index (χ0v) is 10.2. The SMILES string of the molecule is Cc1cccc(C)c1-c1nc(C)n(C)c1N. The van der Waals surface area contributed by atoms with Crippen molar-refractivity contribution in [2.75, 3.05) is 5.73 Å². The molecule has 1 aromatic carbocycles. The lowest BCUT2D eigenvalue weighted by atomic mass is 10.0. The molecule has 0 radical (unpaired) electrons. The first-order valence-electron chi connectivity index (χ1n) is 5.37. The van der Waals surface area contributed by atoms with E-state index in [0.717, 1.165) is 22.9 Å². The van der Waals surface area contributed by atoms with E-state index in [0.29, 0.717) is 0 Å². The number of rotatable bonds is 1. The van der Waals surface area contributed by atoms with E-state index in [1.807, 2.05) is 18.5 Å². The molecule has 1 heterocycles. The number of aromatic nitrogens is 2. The maximum absolute atomic E-state index is 6.07. The van der Waals surface area contributed by atoms with E-state index >= 15 is 0 Å². The van der Waals surface area contributed by atoms with Gasteiger partial charge in [-0.15, -0.1) is 0 Å². The van der Waals surface area contributed by atoms with Crippen molar-refractivity contribution in [2.24, 2.45) is 7.05 Å². The average Bonchev–Trinajstić information content (AvgIpc) is 2.47. The Morgan fingerprint density at radius 1 is 1.12 bits per heavy atom. The molecule has 0 spiro atoms. The second kappa shape index (κ2) is 3.67. The van der Waals surface area contributed by atoms with E-state index in [2.05, 4.69) is 37.0 Å². The van der Waals surface area contributed by atoms with E-state index in [4.69, 9.17) is 5.73 Å². The summed E-state index contributed by atoms with van der Waals surface area (Å²) in [5.41, 5.74) is 10.6. The van der Waals surface area contributed by atoms with Gasteiger partial charge in [-0.25, -0.2) is 4.98 Å². The van der Waals surface area contributed by atoms with Crippen molar-refractivity contribution in [3.63, 3.8) is 0 Å². The number of nitrogens with zero attached hydrogens (tertiary/aromatic N) is 2. The maximum Gasteiger partial charge on any atom is 0.131 e. The monoisotopic (exact) mass is 215 g/mol. The summed E-state index contributed by atoms with van der Waals surface area (Å²) >= 11 is 0. The Bertz CT molecular complexity index is 518. The highest BCUT2D eigenvalue weighted by atomic mass is 15.1. The molecule has 0 aliphatic heterocycles. The van der Waals surface area contributed by atoms with E-state index in [9.17, 15) is 0 Å². The molecule has 0 unspecified atom stereocenters. The predicted octanol–water partition coefficient (Wildman–Crippen LogP) is 2.59. The number of hydrogen-bond donors (Lipinski definition) is 1. The van der Waals surface area contributed by atoms with Crippen LogP contribution in [-0.4, -0.2) is 9.55 Å². The molecule has 0 amide bonds. The lowest BCUT2D eigenvalue weighted by Gasteiger charge is -2.08. The van der Waals surface area contributed by atoms with Gasteiger partial charge in [-0.3, -0.25) is 0 Å². The van der Waals surface area contributed by atoms with Crippen molar-refractivity contribution < 1.29 is 0 Å². The predicted molar refractivity (Wildman–Crippen MR) is 67.3 cm³/mol. The molecule has 84 valence electrons.